The Kier molecular flexibility index (Phi) is 10.9. The molecular formula is C15H32N4O2S. The minimum absolute atomic E-state index is 0.263. The minimum atomic E-state index is -0.466. The minimum Gasteiger partial charge on any atom is -0.444 e. The number of ether oxygens (including phenoxy) is 1. The van der Waals surface area contributed by atoms with Crippen molar-refractivity contribution >= 4 is 23.8 Å². The van der Waals surface area contributed by atoms with Crippen LogP contribution in [0, 0.1) is 0 Å². The molecule has 7 heteroatoms. The maximum Gasteiger partial charge on any atom is 0.410 e. The molecule has 0 rings (SSSR count). The average molecular weight is 333 g/mol. The summed E-state index contributed by atoms with van der Waals surface area (Å²) in [7, 11) is 1.74. The number of nitrogens with one attached hydrogen (secondary N) is 2. The highest BCUT2D eigenvalue weighted by atomic mass is 32.2. The van der Waals surface area contributed by atoms with Crippen LogP contribution in [0.3, 0.4) is 0 Å². The summed E-state index contributed by atoms with van der Waals surface area (Å²) in [6, 6.07) is 0. The highest BCUT2D eigenvalue weighted by Gasteiger charge is 2.21. The first-order chi connectivity index (χ1) is 10.3. The zero-order valence-electron chi connectivity index (χ0n) is 14.9. The summed E-state index contributed by atoms with van der Waals surface area (Å²) >= 11 is 1.78. The van der Waals surface area contributed by atoms with Gasteiger partial charge in [-0.25, -0.2) is 4.79 Å². The fourth-order valence-corrected chi connectivity index (χ4v) is 2.00. The van der Waals surface area contributed by atoms with Crippen molar-refractivity contribution in [1.29, 1.82) is 0 Å². The van der Waals surface area contributed by atoms with Crippen LogP contribution in [-0.4, -0.2) is 67.8 Å². The number of guanidine groups is 1. The van der Waals surface area contributed by atoms with E-state index in [1.807, 2.05) is 27.7 Å². The third-order valence-electron chi connectivity index (χ3n) is 2.64. The second kappa shape index (κ2) is 11.5. The van der Waals surface area contributed by atoms with Gasteiger partial charge in [-0.2, -0.15) is 11.8 Å². The molecule has 0 heterocycles. The summed E-state index contributed by atoms with van der Waals surface area (Å²) in [5, 5.41) is 6.44. The molecule has 1 amide bonds. The van der Waals surface area contributed by atoms with Gasteiger partial charge in [0.25, 0.3) is 0 Å². The molecule has 0 atom stereocenters. The first-order valence-corrected chi connectivity index (χ1v) is 9.14. The number of carbonyl (C=O) groups excluding carboxylic acids is 1. The molecule has 0 aromatic rings. The summed E-state index contributed by atoms with van der Waals surface area (Å²) in [6.45, 7) is 10.5. The number of carbonyl (C=O) groups is 1. The van der Waals surface area contributed by atoms with Gasteiger partial charge in [0.15, 0.2) is 5.96 Å². The summed E-state index contributed by atoms with van der Waals surface area (Å²) < 4.78 is 5.43. The Morgan fingerprint density at radius 3 is 2.36 bits per heavy atom. The molecule has 0 unspecified atom stereocenters. The van der Waals surface area contributed by atoms with Gasteiger partial charge in [0, 0.05) is 39.0 Å². The van der Waals surface area contributed by atoms with Crippen molar-refractivity contribution in [3.8, 4) is 0 Å². The largest absolute Gasteiger partial charge is 0.444 e. The van der Waals surface area contributed by atoms with Gasteiger partial charge in [0.1, 0.15) is 5.60 Å². The quantitative estimate of drug-likeness (QED) is 0.405. The molecule has 130 valence electrons. The lowest BCUT2D eigenvalue weighted by Gasteiger charge is -2.27. The van der Waals surface area contributed by atoms with Crippen molar-refractivity contribution in [3.05, 3.63) is 0 Å². The van der Waals surface area contributed by atoms with Gasteiger partial charge in [-0.3, -0.25) is 4.99 Å². The van der Waals surface area contributed by atoms with E-state index >= 15 is 0 Å². The van der Waals surface area contributed by atoms with E-state index in [0.29, 0.717) is 19.6 Å². The van der Waals surface area contributed by atoms with Crippen LogP contribution in [0.4, 0.5) is 4.79 Å². The summed E-state index contributed by atoms with van der Waals surface area (Å²) in [5.74, 6) is 1.79. The predicted molar refractivity (Wildman–Crippen MR) is 95.8 cm³/mol. The number of nitrogens with zero attached hydrogens (tertiary/aromatic N) is 2. The summed E-state index contributed by atoms with van der Waals surface area (Å²) in [5.41, 5.74) is -0.466. The van der Waals surface area contributed by atoms with Crippen LogP contribution in [0.15, 0.2) is 4.99 Å². The Morgan fingerprint density at radius 1 is 1.23 bits per heavy atom. The highest BCUT2D eigenvalue weighted by molar-refractivity contribution is 7.98. The molecule has 0 bridgehead atoms. The standard InChI is InChI=1S/C15H32N4O2S/c1-7-10-19(14(20)21-15(2,3)4)11-8-17-13(16-5)18-9-12-22-6/h7-12H2,1-6H3,(H2,16,17,18). The van der Waals surface area contributed by atoms with Crippen LogP contribution in [-0.2, 0) is 4.74 Å². The van der Waals surface area contributed by atoms with E-state index in [-0.39, 0.29) is 6.09 Å². The van der Waals surface area contributed by atoms with Crippen LogP contribution in [0.25, 0.3) is 0 Å². The van der Waals surface area contributed by atoms with E-state index in [0.717, 1.165) is 24.7 Å². The van der Waals surface area contributed by atoms with Crippen molar-refractivity contribution in [2.45, 2.75) is 39.7 Å². The normalized spacial score (nSPS) is 12.0. The third kappa shape index (κ3) is 10.6. The van der Waals surface area contributed by atoms with Crippen LogP contribution in [0.5, 0.6) is 0 Å². The molecule has 6 nitrogen and oxygen atoms in total. The maximum atomic E-state index is 12.1. The molecule has 0 fully saturated rings. The zero-order chi connectivity index (χ0) is 17.0. The predicted octanol–water partition coefficient (Wildman–Crippen LogP) is 2.16. The van der Waals surface area contributed by atoms with Gasteiger partial charge in [0.05, 0.1) is 0 Å². The molecule has 0 radical (unpaired) electrons. The van der Waals surface area contributed by atoms with E-state index in [1.54, 1.807) is 23.7 Å². The number of rotatable bonds is 8. The van der Waals surface area contributed by atoms with E-state index in [4.69, 9.17) is 4.74 Å². The lowest BCUT2D eigenvalue weighted by Crippen LogP contribution is -2.45. The molecule has 22 heavy (non-hydrogen) atoms. The molecule has 0 saturated carbocycles. The second-order valence-corrected chi connectivity index (χ2v) is 6.87. The molecule has 2 N–H and O–H groups in total. The van der Waals surface area contributed by atoms with Gasteiger partial charge in [-0.15, -0.1) is 0 Å². The van der Waals surface area contributed by atoms with Gasteiger partial charge in [-0.1, -0.05) is 6.92 Å². The molecule has 0 aromatic heterocycles. The van der Waals surface area contributed by atoms with E-state index in [9.17, 15) is 4.79 Å². The van der Waals surface area contributed by atoms with Crippen LogP contribution < -0.4 is 10.6 Å². The molecule has 0 aromatic carbocycles. The van der Waals surface area contributed by atoms with Crippen molar-refractivity contribution in [1.82, 2.24) is 15.5 Å². The van der Waals surface area contributed by atoms with E-state index in [1.165, 1.54) is 0 Å². The van der Waals surface area contributed by atoms with Crippen molar-refractivity contribution in [2.75, 3.05) is 45.2 Å². The van der Waals surface area contributed by atoms with Crippen molar-refractivity contribution in [3.63, 3.8) is 0 Å². The van der Waals surface area contributed by atoms with Gasteiger partial charge in [0.2, 0.25) is 0 Å². The lowest BCUT2D eigenvalue weighted by molar-refractivity contribution is 0.0253. The number of hydrogen-bond donors (Lipinski definition) is 2. The maximum absolute atomic E-state index is 12.1. The fourth-order valence-electron chi connectivity index (χ4n) is 1.69. The Bertz CT molecular complexity index is 343. The Morgan fingerprint density at radius 2 is 1.86 bits per heavy atom. The number of amides is 1. The average Bonchev–Trinajstić information content (AvgIpc) is 2.42. The van der Waals surface area contributed by atoms with Crippen LogP contribution in [0.2, 0.25) is 0 Å². The summed E-state index contributed by atoms with van der Waals surface area (Å²) in [6.07, 6.45) is 2.71. The fraction of sp³-hybridized carbons (Fsp3) is 0.867. The number of thioether (sulfide) groups is 1. The number of hydrogen-bond acceptors (Lipinski definition) is 4. The van der Waals surface area contributed by atoms with E-state index < -0.39 is 5.60 Å². The smallest absolute Gasteiger partial charge is 0.410 e. The highest BCUT2D eigenvalue weighted by Crippen LogP contribution is 2.09. The Labute approximate surface area is 139 Å². The topological polar surface area (TPSA) is 66.0 Å². The van der Waals surface area contributed by atoms with E-state index in [2.05, 4.69) is 21.9 Å². The molecule has 0 spiro atoms. The SMILES string of the molecule is CCCN(CCNC(=NC)NCCSC)C(=O)OC(C)(C)C. The molecule has 0 saturated heterocycles. The Hall–Kier alpha value is -1.11. The third-order valence-corrected chi connectivity index (χ3v) is 3.25. The van der Waals surface area contributed by atoms with Crippen molar-refractivity contribution < 1.29 is 9.53 Å². The zero-order valence-corrected chi connectivity index (χ0v) is 15.7. The van der Waals surface area contributed by atoms with Gasteiger partial charge < -0.3 is 20.3 Å². The van der Waals surface area contributed by atoms with Crippen molar-refractivity contribution in [2.24, 2.45) is 4.99 Å². The van der Waals surface area contributed by atoms with Gasteiger partial charge in [-0.05, 0) is 33.4 Å². The number of aliphatic imine (C=N–C) groups is 1. The van der Waals surface area contributed by atoms with Crippen LogP contribution in [0.1, 0.15) is 34.1 Å². The van der Waals surface area contributed by atoms with Gasteiger partial charge >= 0.3 is 6.09 Å². The monoisotopic (exact) mass is 332 g/mol. The molecule has 0 aliphatic carbocycles. The second-order valence-electron chi connectivity index (χ2n) is 5.89. The molecular weight excluding hydrogens is 300 g/mol. The molecule has 0 aliphatic heterocycles. The Balaban J connectivity index is 4.26. The first-order valence-electron chi connectivity index (χ1n) is 7.75. The van der Waals surface area contributed by atoms with Crippen LogP contribution >= 0.6 is 11.8 Å². The lowest BCUT2D eigenvalue weighted by atomic mass is 10.2. The molecule has 0 aliphatic rings. The first kappa shape index (κ1) is 20.9. The summed E-state index contributed by atoms with van der Waals surface area (Å²) in [4.78, 5) is 18.0.